The minimum absolute atomic E-state index is 0.0645. The van der Waals surface area contributed by atoms with Crippen molar-refractivity contribution in [3.05, 3.63) is 28.4 Å². The first-order valence-electron chi connectivity index (χ1n) is 5.23. The fourth-order valence-corrected chi connectivity index (χ4v) is 1.24. The molecule has 0 bridgehead atoms. The average molecular weight is 255 g/mol. The Morgan fingerprint density at radius 1 is 1.72 bits per heavy atom. The molecule has 8 heteroatoms. The third-order valence-electron chi connectivity index (χ3n) is 2.09. The quantitative estimate of drug-likeness (QED) is 0.586. The fraction of sp³-hybridized carbons (Fsp3) is 0.400. The number of hydrogen-bond acceptors (Lipinski definition) is 5. The number of nitrogens with one attached hydrogen (secondary N) is 1. The van der Waals surface area contributed by atoms with Crippen molar-refractivity contribution in [3.63, 3.8) is 0 Å². The summed E-state index contributed by atoms with van der Waals surface area (Å²) in [6.07, 6.45) is 0.279. The Morgan fingerprint density at radius 2 is 2.44 bits per heavy atom. The molecule has 1 aromatic rings. The SMILES string of the molecule is CC(CCNC(=O)O)Oc1ncccc1[N+](=O)[O-]. The minimum atomic E-state index is -1.12. The van der Waals surface area contributed by atoms with Gasteiger partial charge in [0.25, 0.3) is 5.88 Å². The summed E-state index contributed by atoms with van der Waals surface area (Å²) in [5.41, 5.74) is -0.212. The van der Waals surface area contributed by atoms with Crippen molar-refractivity contribution in [2.45, 2.75) is 19.4 Å². The number of nitrogens with zero attached hydrogens (tertiary/aromatic N) is 2. The van der Waals surface area contributed by atoms with Crippen LogP contribution in [-0.2, 0) is 0 Å². The van der Waals surface area contributed by atoms with Crippen molar-refractivity contribution in [2.24, 2.45) is 0 Å². The van der Waals surface area contributed by atoms with Gasteiger partial charge in [0.05, 0.1) is 11.0 Å². The van der Waals surface area contributed by atoms with Crippen LogP contribution in [0.15, 0.2) is 18.3 Å². The van der Waals surface area contributed by atoms with E-state index in [1.165, 1.54) is 18.3 Å². The van der Waals surface area contributed by atoms with Gasteiger partial charge in [0.2, 0.25) is 0 Å². The summed E-state index contributed by atoms with van der Waals surface area (Å²) in [6, 6.07) is 2.74. The molecule has 2 N–H and O–H groups in total. The molecule has 0 aliphatic heterocycles. The molecule has 0 spiro atoms. The molecule has 0 aromatic carbocycles. The molecular formula is C10H13N3O5. The van der Waals surface area contributed by atoms with Gasteiger partial charge in [-0.2, -0.15) is 0 Å². The van der Waals surface area contributed by atoms with Crippen LogP contribution in [0.25, 0.3) is 0 Å². The zero-order valence-electron chi connectivity index (χ0n) is 9.70. The summed E-state index contributed by atoms with van der Waals surface area (Å²) in [4.78, 5) is 24.1. The van der Waals surface area contributed by atoms with Crippen LogP contribution in [0.4, 0.5) is 10.5 Å². The first-order valence-corrected chi connectivity index (χ1v) is 5.23. The maximum atomic E-state index is 10.7. The molecule has 0 aliphatic rings. The summed E-state index contributed by atoms with van der Waals surface area (Å²) in [6.45, 7) is 1.89. The molecular weight excluding hydrogens is 242 g/mol. The molecule has 18 heavy (non-hydrogen) atoms. The van der Waals surface area contributed by atoms with E-state index in [0.717, 1.165) is 0 Å². The van der Waals surface area contributed by atoms with Crippen LogP contribution in [0.3, 0.4) is 0 Å². The molecule has 1 unspecified atom stereocenters. The van der Waals surface area contributed by atoms with E-state index >= 15 is 0 Å². The summed E-state index contributed by atoms with van der Waals surface area (Å²) < 4.78 is 5.30. The second kappa shape index (κ2) is 6.38. The van der Waals surface area contributed by atoms with Gasteiger partial charge in [-0.05, 0) is 13.0 Å². The zero-order chi connectivity index (χ0) is 13.5. The molecule has 1 heterocycles. The van der Waals surface area contributed by atoms with Crippen LogP contribution in [0, 0.1) is 10.1 Å². The lowest BCUT2D eigenvalue weighted by Crippen LogP contribution is -2.26. The number of carbonyl (C=O) groups is 1. The van der Waals surface area contributed by atoms with E-state index in [1.54, 1.807) is 6.92 Å². The van der Waals surface area contributed by atoms with Gasteiger partial charge < -0.3 is 15.2 Å². The van der Waals surface area contributed by atoms with Gasteiger partial charge in [-0.25, -0.2) is 9.78 Å². The molecule has 0 aliphatic carbocycles. The number of aromatic nitrogens is 1. The molecule has 98 valence electrons. The standard InChI is InChI=1S/C10H13N3O5/c1-7(4-6-12-10(14)15)18-9-8(13(16)17)3-2-5-11-9/h2-3,5,7,12H,4,6H2,1H3,(H,14,15). The van der Waals surface area contributed by atoms with Crippen molar-refractivity contribution in [3.8, 4) is 5.88 Å². The van der Waals surface area contributed by atoms with E-state index in [9.17, 15) is 14.9 Å². The van der Waals surface area contributed by atoms with Gasteiger partial charge in [0, 0.05) is 25.2 Å². The van der Waals surface area contributed by atoms with Crippen molar-refractivity contribution in [2.75, 3.05) is 6.54 Å². The monoisotopic (exact) mass is 255 g/mol. The van der Waals surface area contributed by atoms with Crippen LogP contribution < -0.4 is 10.1 Å². The molecule has 0 saturated carbocycles. The van der Waals surface area contributed by atoms with Gasteiger partial charge >= 0.3 is 11.8 Å². The van der Waals surface area contributed by atoms with Gasteiger partial charge in [-0.15, -0.1) is 0 Å². The van der Waals surface area contributed by atoms with Crippen LogP contribution in [0.1, 0.15) is 13.3 Å². The van der Waals surface area contributed by atoms with Gasteiger partial charge in [0.15, 0.2) is 0 Å². The van der Waals surface area contributed by atoms with Gasteiger partial charge in [-0.1, -0.05) is 0 Å². The third kappa shape index (κ3) is 4.24. The number of hydrogen-bond donors (Lipinski definition) is 2. The average Bonchev–Trinajstić information content (AvgIpc) is 2.28. The van der Waals surface area contributed by atoms with E-state index in [1.807, 2.05) is 0 Å². The smallest absolute Gasteiger partial charge is 0.404 e. The van der Waals surface area contributed by atoms with E-state index in [-0.39, 0.29) is 24.2 Å². The maximum absolute atomic E-state index is 10.7. The van der Waals surface area contributed by atoms with Crippen LogP contribution in [0.2, 0.25) is 0 Å². The van der Waals surface area contributed by atoms with Crippen molar-refractivity contribution in [1.82, 2.24) is 10.3 Å². The number of pyridine rings is 1. The highest BCUT2D eigenvalue weighted by molar-refractivity contribution is 5.64. The summed E-state index contributed by atoms with van der Waals surface area (Å²) >= 11 is 0. The van der Waals surface area contributed by atoms with E-state index < -0.39 is 11.0 Å². The van der Waals surface area contributed by atoms with E-state index in [0.29, 0.717) is 6.42 Å². The lowest BCUT2D eigenvalue weighted by Gasteiger charge is -2.13. The highest BCUT2D eigenvalue weighted by atomic mass is 16.6. The Hall–Kier alpha value is -2.38. The summed E-state index contributed by atoms with van der Waals surface area (Å²) in [7, 11) is 0. The second-order valence-electron chi connectivity index (χ2n) is 3.53. The molecule has 0 radical (unpaired) electrons. The van der Waals surface area contributed by atoms with Crippen LogP contribution in [-0.4, -0.2) is 33.8 Å². The number of carboxylic acid groups (broad SMARTS) is 1. The molecule has 0 saturated heterocycles. The van der Waals surface area contributed by atoms with Gasteiger partial charge in [0.1, 0.15) is 0 Å². The predicted molar refractivity (Wildman–Crippen MR) is 61.6 cm³/mol. The Bertz CT molecular complexity index is 437. The predicted octanol–water partition coefficient (Wildman–Crippen LogP) is 1.41. The van der Waals surface area contributed by atoms with Gasteiger partial charge in [-0.3, -0.25) is 10.1 Å². The number of nitro groups is 1. The molecule has 1 aromatic heterocycles. The normalized spacial score (nSPS) is 11.6. The van der Waals surface area contributed by atoms with Crippen LogP contribution >= 0.6 is 0 Å². The largest absolute Gasteiger partial charge is 0.470 e. The Morgan fingerprint density at radius 3 is 3.06 bits per heavy atom. The second-order valence-corrected chi connectivity index (χ2v) is 3.53. The number of amides is 1. The molecule has 8 nitrogen and oxygen atoms in total. The Labute approximate surface area is 103 Å². The topological polar surface area (TPSA) is 115 Å². The molecule has 1 amide bonds. The van der Waals surface area contributed by atoms with Crippen LogP contribution in [0.5, 0.6) is 5.88 Å². The Balaban J connectivity index is 2.56. The third-order valence-corrected chi connectivity index (χ3v) is 2.09. The first-order chi connectivity index (χ1) is 8.50. The minimum Gasteiger partial charge on any atom is -0.470 e. The molecule has 1 rings (SSSR count). The molecule has 0 fully saturated rings. The zero-order valence-corrected chi connectivity index (χ0v) is 9.70. The highest BCUT2D eigenvalue weighted by Gasteiger charge is 2.17. The summed E-state index contributed by atoms with van der Waals surface area (Å²) in [5.74, 6) is -0.0645. The lowest BCUT2D eigenvalue weighted by molar-refractivity contribution is -0.386. The van der Waals surface area contributed by atoms with Crippen molar-refractivity contribution in [1.29, 1.82) is 0 Å². The molecule has 1 atom stereocenters. The Kier molecular flexibility index (Phi) is 4.85. The summed E-state index contributed by atoms with van der Waals surface area (Å²) in [5, 5.41) is 21.3. The first kappa shape index (κ1) is 13.7. The van der Waals surface area contributed by atoms with Crippen molar-refractivity contribution >= 4 is 11.8 Å². The number of rotatable bonds is 6. The lowest BCUT2D eigenvalue weighted by atomic mass is 10.3. The van der Waals surface area contributed by atoms with Crippen molar-refractivity contribution < 1.29 is 19.6 Å². The highest BCUT2D eigenvalue weighted by Crippen LogP contribution is 2.24. The van der Waals surface area contributed by atoms with E-state index in [4.69, 9.17) is 9.84 Å². The van der Waals surface area contributed by atoms with E-state index in [2.05, 4.69) is 10.3 Å². The maximum Gasteiger partial charge on any atom is 0.404 e. The number of ether oxygens (including phenoxy) is 1. The fourth-order valence-electron chi connectivity index (χ4n) is 1.24.